The molecule has 4 aromatic rings. The van der Waals surface area contributed by atoms with Gasteiger partial charge in [-0.25, -0.2) is 9.97 Å². The fourth-order valence-corrected chi connectivity index (χ4v) is 4.96. The molecule has 0 N–H and O–H groups in total. The SMILES string of the molecule is O=C(CCc1nc2ccccc2o1)N1CCC[C@H](c2nc3ccccc3s2)C1. The molecular weight excluding hydrogens is 370 g/mol. The van der Waals surface area contributed by atoms with Crippen LogP contribution in [0.15, 0.2) is 52.9 Å². The average molecular weight is 391 g/mol. The number of piperidine rings is 1. The zero-order chi connectivity index (χ0) is 18.9. The summed E-state index contributed by atoms with van der Waals surface area (Å²) in [5, 5.41) is 1.15. The van der Waals surface area contributed by atoms with E-state index in [1.165, 1.54) is 4.70 Å². The van der Waals surface area contributed by atoms with Crippen LogP contribution in [0.2, 0.25) is 0 Å². The highest BCUT2D eigenvalue weighted by Gasteiger charge is 2.27. The summed E-state index contributed by atoms with van der Waals surface area (Å²) in [6.45, 7) is 1.58. The fourth-order valence-electron chi connectivity index (χ4n) is 3.87. The second-order valence-electron chi connectivity index (χ2n) is 7.27. The van der Waals surface area contributed by atoms with Crippen LogP contribution in [-0.4, -0.2) is 33.9 Å². The second kappa shape index (κ2) is 7.36. The van der Waals surface area contributed by atoms with Crippen molar-refractivity contribution < 1.29 is 9.21 Å². The van der Waals surface area contributed by atoms with Crippen LogP contribution >= 0.6 is 11.3 Å². The molecule has 0 unspecified atom stereocenters. The van der Waals surface area contributed by atoms with E-state index in [0.717, 1.165) is 47.6 Å². The van der Waals surface area contributed by atoms with Crippen molar-refractivity contribution in [1.82, 2.24) is 14.9 Å². The number of hydrogen-bond acceptors (Lipinski definition) is 5. The number of oxazole rings is 1. The van der Waals surface area contributed by atoms with Gasteiger partial charge in [0.2, 0.25) is 5.91 Å². The highest BCUT2D eigenvalue weighted by atomic mass is 32.1. The molecule has 1 amide bonds. The average Bonchev–Trinajstić information content (AvgIpc) is 3.35. The summed E-state index contributed by atoms with van der Waals surface area (Å²) < 4.78 is 6.96. The van der Waals surface area contributed by atoms with Crippen LogP contribution in [0.25, 0.3) is 21.3 Å². The maximum Gasteiger partial charge on any atom is 0.223 e. The first-order valence-corrected chi connectivity index (χ1v) is 10.6. The summed E-state index contributed by atoms with van der Waals surface area (Å²) in [6, 6.07) is 15.9. The number of carbonyl (C=O) groups is 1. The third-order valence-corrected chi connectivity index (χ3v) is 6.52. The van der Waals surface area contributed by atoms with Crippen LogP contribution in [0, 0.1) is 0 Å². The Morgan fingerprint density at radius 2 is 1.93 bits per heavy atom. The molecule has 0 spiro atoms. The van der Waals surface area contributed by atoms with E-state index >= 15 is 0 Å². The Morgan fingerprint density at radius 1 is 1.11 bits per heavy atom. The van der Waals surface area contributed by atoms with Gasteiger partial charge in [0.15, 0.2) is 11.5 Å². The maximum atomic E-state index is 12.8. The number of fused-ring (bicyclic) bond motifs is 2. The van der Waals surface area contributed by atoms with Crippen LogP contribution in [0.5, 0.6) is 0 Å². The third kappa shape index (κ3) is 3.40. The topological polar surface area (TPSA) is 59.2 Å². The Hall–Kier alpha value is -2.73. The molecule has 142 valence electrons. The van der Waals surface area contributed by atoms with Crippen LogP contribution < -0.4 is 0 Å². The molecule has 0 aliphatic carbocycles. The molecule has 1 aliphatic rings. The summed E-state index contributed by atoms with van der Waals surface area (Å²) in [5.41, 5.74) is 2.68. The predicted octanol–water partition coefficient (Wildman–Crippen LogP) is 4.78. The van der Waals surface area contributed by atoms with Gasteiger partial charge in [-0.2, -0.15) is 0 Å². The van der Waals surface area contributed by atoms with Gasteiger partial charge in [-0.15, -0.1) is 11.3 Å². The van der Waals surface area contributed by atoms with Crippen LogP contribution in [0.4, 0.5) is 0 Å². The number of amides is 1. The zero-order valence-corrected chi connectivity index (χ0v) is 16.3. The Morgan fingerprint density at radius 3 is 2.79 bits per heavy atom. The minimum absolute atomic E-state index is 0.174. The molecule has 0 saturated carbocycles. The lowest BCUT2D eigenvalue weighted by atomic mass is 9.98. The molecule has 5 nitrogen and oxygen atoms in total. The first kappa shape index (κ1) is 17.4. The van der Waals surface area contributed by atoms with Gasteiger partial charge in [0.25, 0.3) is 0 Å². The van der Waals surface area contributed by atoms with Gasteiger partial charge in [0, 0.05) is 31.8 Å². The minimum atomic E-state index is 0.174. The number of para-hydroxylation sites is 3. The largest absolute Gasteiger partial charge is 0.441 e. The quantitative estimate of drug-likeness (QED) is 0.502. The van der Waals surface area contributed by atoms with Crippen molar-refractivity contribution in [3.63, 3.8) is 0 Å². The van der Waals surface area contributed by atoms with E-state index in [1.807, 2.05) is 41.3 Å². The predicted molar refractivity (Wildman–Crippen MR) is 111 cm³/mol. The van der Waals surface area contributed by atoms with E-state index in [1.54, 1.807) is 11.3 Å². The smallest absolute Gasteiger partial charge is 0.223 e. The monoisotopic (exact) mass is 391 g/mol. The summed E-state index contributed by atoms with van der Waals surface area (Å²) in [5.74, 6) is 1.14. The lowest BCUT2D eigenvalue weighted by Crippen LogP contribution is -2.39. The molecule has 1 atom stereocenters. The molecule has 0 bridgehead atoms. The minimum Gasteiger partial charge on any atom is -0.441 e. The number of likely N-dealkylation sites (tertiary alicyclic amines) is 1. The standard InChI is InChI=1S/C22H21N3O2S/c26-21(12-11-20-23-16-7-1-3-9-18(16)27-20)25-13-5-6-15(14-25)22-24-17-8-2-4-10-19(17)28-22/h1-4,7-10,15H,5-6,11-14H2/t15-/m0/s1. The summed E-state index contributed by atoms with van der Waals surface area (Å²) in [6.07, 6.45) is 3.08. The highest BCUT2D eigenvalue weighted by molar-refractivity contribution is 7.18. The van der Waals surface area contributed by atoms with Gasteiger partial charge >= 0.3 is 0 Å². The van der Waals surface area contributed by atoms with Gasteiger partial charge in [0.1, 0.15) is 5.52 Å². The van der Waals surface area contributed by atoms with E-state index in [0.29, 0.717) is 24.7 Å². The maximum absolute atomic E-state index is 12.8. The molecule has 28 heavy (non-hydrogen) atoms. The van der Waals surface area contributed by atoms with Crippen molar-refractivity contribution in [2.24, 2.45) is 0 Å². The number of hydrogen-bond donors (Lipinski definition) is 0. The molecular formula is C22H21N3O2S. The number of rotatable bonds is 4. The van der Waals surface area contributed by atoms with E-state index in [9.17, 15) is 4.79 Å². The normalized spacial score (nSPS) is 17.4. The van der Waals surface area contributed by atoms with Gasteiger partial charge < -0.3 is 9.32 Å². The fraction of sp³-hybridized carbons (Fsp3) is 0.318. The molecule has 6 heteroatoms. The van der Waals surface area contributed by atoms with E-state index in [2.05, 4.69) is 17.1 Å². The number of nitrogens with zero attached hydrogens (tertiary/aromatic N) is 3. The first-order valence-electron chi connectivity index (χ1n) is 9.74. The number of aryl methyl sites for hydroxylation is 1. The Bertz CT molecular complexity index is 1070. The van der Waals surface area contributed by atoms with Crippen molar-refractivity contribution in [3.05, 3.63) is 59.4 Å². The molecule has 3 heterocycles. The van der Waals surface area contributed by atoms with E-state index in [4.69, 9.17) is 9.40 Å². The Labute approximate surface area is 167 Å². The zero-order valence-electron chi connectivity index (χ0n) is 15.5. The molecule has 2 aromatic heterocycles. The third-order valence-electron chi connectivity index (χ3n) is 5.32. The van der Waals surface area contributed by atoms with E-state index in [-0.39, 0.29) is 5.91 Å². The summed E-state index contributed by atoms with van der Waals surface area (Å²) >= 11 is 1.76. The van der Waals surface area contributed by atoms with Crippen LogP contribution in [-0.2, 0) is 11.2 Å². The molecule has 2 aromatic carbocycles. The van der Waals surface area contributed by atoms with Crippen molar-refractivity contribution in [2.45, 2.75) is 31.6 Å². The summed E-state index contributed by atoms with van der Waals surface area (Å²) in [7, 11) is 0. The second-order valence-corrected chi connectivity index (χ2v) is 8.34. The highest BCUT2D eigenvalue weighted by Crippen LogP contribution is 2.33. The molecule has 0 radical (unpaired) electrons. The van der Waals surface area contributed by atoms with Gasteiger partial charge in [-0.05, 0) is 37.1 Å². The lowest BCUT2D eigenvalue weighted by molar-refractivity contribution is -0.132. The summed E-state index contributed by atoms with van der Waals surface area (Å²) in [4.78, 5) is 24.0. The van der Waals surface area contributed by atoms with Gasteiger partial charge in [-0.1, -0.05) is 24.3 Å². The molecule has 1 aliphatic heterocycles. The van der Waals surface area contributed by atoms with Crippen LogP contribution in [0.3, 0.4) is 0 Å². The molecule has 1 saturated heterocycles. The first-order chi connectivity index (χ1) is 13.8. The van der Waals surface area contributed by atoms with Crippen LogP contribution in [0.1, 0.15) is 36.1 Å². The van der Waals surface area contributed by atoms with Gasteiger partial charge in [-0.3, -0.25) is 4.79 Å². The van der Waals surface area contributed by atoms with Crippen molar-refractivity contribution in [3.8, 4) is 0 Å². The molecule has 1 fully saturated rings. The van der Waals surface area contributed by atoms with Gasteiger partial charge in [0.05, 0.1) is 15.2 Å². The number of benzene rings is 2. The lowest BCUT2D eigenvalue weighted by Gasteiger charge is -2.31. The van der Waals surface area contributed by atoms with Crippen molar-refractivity contribution in [1.29, 1.82) is 0 Å². The molecule has 5 rings (SSSR count). The Balaban J connectivity index is 1.24. The van der Waals surface area contributed by atoms with Crippen molar-refractivity contribution >= 4 is 38.6 Å². The Kier molecular flexibility index (Phi) is 4.56. The van der Waals surface area contributed by atoms with Crippen molar-refractivity contribution in [2.75, 3.05) is 13.1 Å². The number of carbonyl (C=O) groups excluding carboxylic acids is 1. The number of aromatic nitrogens is 2. The van der Waals surface area contributed by atoms with E-state index < -0.39 is 0 Å². The number of thiazole rings is 1.